The number of aromatic nitrogens is 1. The van der Waals surface area contributed by atoms with Crippen LogP contribution in [0.5, 0.6) is 5.88 Å². The molecule has 1 amide bonds. The van der Waals surface area contributed by atoms with Crippen molar-refractivity contribution in [3.05, 3.63) is 23.9 Å². The van der Waals surface area contributed by atoms with E-state index in [4.69, 9.17) is 10.5 Å². The summed E-state index contributed by atoms with van der Waals surface area (Å²) >= 11 is 0. The van der Waals surface area contributed by atoms with Crippen molar-refractivity contribution in [2.24, 2.45) is 11.7 Å². The Labute approximate surface area is 132 Å². The van der Waals surface area contributed by atoms with Gasteiger partial charge in [0.05, 0.1) is 12.6 Å². The Morgan fingerprint density at radius 3 is 2.86 bits per heavy atom. The van der Waals surface area contributed by atoms with Crippen LogP contribution < -0.4 is 15.8 Å². The van der Waals surface area contributed by atoms with Crippen LogP contribution in [0.25, 0.3) is 0 Å². The van der Waals surface area contributed by atoms with Gasteiger partial charge in [-0.1, -0.05) is 19.4 Å². The number of nitrogens with one attached hydrogen (secondary N) is 1. The summed E-state index contributed by atoms with van der Waals surface area (Å²) in [6.07, 6.45) is 5.87. The van der Waals surface area contributed by atoms with E-state index in [0.29, 0.717) is 18.8 Å². The molecular weight excluding hydrogens is 290 g/mol. The summed E-state index contributed by atoms with van der Waals surface area (Å²) in [6.45, 7) is 3.22. The fraction of sp³-hybridized carbons (Fsp3) is 0.600. The smallest absolute Gasteiger partial charge is 0.237 e. The second kappa shape index (κ2) is 8.85. The van der Waals surface area contributed by atoms with Crippen molar-refractivity contribution in [1.82, 2.24) is 10.3 Å². The van der Waals surface area contributed by atoms with Crippen LogP contribution in [-0.4, -0.2) is 23.5 Å². The zero-order valence-corrected chi connectivity index (χ0v) is 13.2. The van der Waals surface area contributed by atoms with Gasteiger partial charge in [0.1, 0.15) is 0 Å². The number of amides is 1. The van der Waals surface area contributed by atoms with Crippen LogP contribution >= 0.6 is 12.4 Å². The molecule has 0 aromatic carbocycles. The van der Waals surface area contributed by atoms with E-state index in [0.717, 1.165) is 24.5 Å². The van der Waals surface area contributed by atoms with Crippen molar-refractivity contribution in [2.75, 3.05) is 6.61 Å². The molecule has 1 aromatic heterocycles. The first kappa shape index (κ1) is 17.7. The average molecular weight is 314 g/mol. The third kappa shape index (κ3) is 6.31. The van der Waals surface area contributed by atoms with Crippen LogP contribution in [0, 0.1) is 5.92 Å². The number of hydrogen-bond donors (Lipinski definition) is 2. The first-order valence-electron chi connectivity index (χ1n) is 7.30. The van der Waals surface area contributed by atoms with Crippen molar-refractivity contribution in [3.63, 3.8) is 0 Å². The van der Waals surface area contributed by atoms with Crippen LogP contribution in [0.15, 0.2) is 18.3 Å². The molecule has 5 nitrogen and oxygen atoms in total. The molecule has 21 heavy (non-hydrogen) atoms. The molecule has 1 aromatic rings. The van der Waals surface area contributed by atoms with Gasteiger partial charge in [-0.2, -0.15) is 0 Å². The zero-order chi connectivity index (χ0) is 14.4. The lowest BCUT2D eigenvalue weighted by molar-refractivity contribution is -0.122. The van der Waals surface area contributed by atoms with Crippen LogP contribution in [0.2, 0.25) is 0 Å². The molecule has 0 spiro atoms. The molecule has 0 aliphatic heterocycles. The topological polar surface area (TPSA) is 77.2 Å². The monoisotopic (exact) mass is 313 g/mol. The lowest BCUT2D eigenvalue weighted by Gasteiger charge is -2.11. The number of carbonyl (C=O) groups is 1. The maximum Gasteiger partial charge on any atom is 0.237 e. The third-order valence-corrected chi connectivity index (χ3v) is 3.36. The summed E-state index contributed by atoms with van der Waals surface area (Å²) in [5.41, 5.74) is 6.69. The van der Waals surface area contributed by atoms with Gasteiger partial charge < -0.3 is 15.8 Å². The average Bonchev–Trinajstić information content (AvgIpc) is 3.28. The second-order valence-corrected chi connectivity index (χ2v) is 5.37. The van der Waals surface area contributed by atoms with Gasteiger partial charge in [-0.15, -0.1) is 12.4 Å². The van der Waals surface area contributed by atoms with E-state index in [2.05, 4.69) is 10.3 Å². The molecule has 0 saturated heterocycles. The predicted molar refractivity (Wildman–Crippen MR) is 84.4 cm³/mol. The van der Waals surface area contributed by atoms with Crippen LogP contribution in [0.3, 0.4) is 0 Å². The largest absolute Gasteiger partial charge is 0.477 e. The van der Waals surface area contributed by atoms with Gasteiger partial charge in [-0.25, -0.2) is 4.98 Å². The number of halogens is 1. The molecule has 1 aliphatic rings. The second-order valence-electron chi connectivity index (χ2n) is 5.37. The fourth-order valence-electron chi connectivity index (χ4n) is 1.85. The Morgan fingerprint density at radius 2 is 2.29 bits per heavy atom. The minimum absolute atomic E-state index is 0. The van der Waals surface area contributed by atoms with Crippen molar-refractivity contribution in [1.29, 1.82) is 0 Å². The fourth-order valence-corrected chi connectivity index (χ4v) is 1.85. The Kier molecular flexibility index (Phi) is 7.47. The Balaban J connectivity index is 0.00000220. The number of ether oxygens (including phenoxy) is 1. The van der Waals surface area contributed by atoms with Crippen LogP contribution in [0.4, 0.5) is 0 Å². The molecule has 2 rings (SSSR count). The lowest BCUT2D eigenvalue weighted by atomic mass is 10.1. The van der Waals surface area contributed by atoms with Gasteiger partial charge in [0.25, 0.3) is 0 Å². The standard InChI is InChI=1S/C15H23N3O2.ClH/c1-2-3-13(16)15(19)18-9-12-6-7-14(17-8-12)20-10-11-4-5-11;/h6-8,11,13H,2-5,9-10,16H2,1H3,(H,18,19);1H. The first-order chi connectivity index (χ1) is 9.69. The van der Waals surface area contributed by atoms with E-state index in [-0.39, 0.29) is 18.3 Å². The highest BCUT2D eigenvalue weighted by Crippen LogP contribution is 2.29. The summed E-state index contributed by atoms with van der Waals surface area (Å²) < 4.78 is 5.56. The number of carbonyl (C=O) groups excluding carboxylic acids is 1. The number of nitrogens with zero attached hydrogens (tertiary/aromatic N) is 1. The Bertz CT molecular complexity index is 435. The van der Waals surface area contributed by atoms with Crippen molar-refractivity contribution in [3.8, 4) is 5.88 Å². The number of hydrogen-bond acceptors (Lipinski definition) is 4. The summed E-state index contributed by atoms with van der Waals surface area (Å²) in [4.78, 5) is 15.9. The van der Waals surface area contributed by atoms with Gasteiger partial charge in [0, 0.05) is 18.8 Å². The van der Waals surface area contributed by atoms with Gasteiger partial charge in [-0.3, -0.25) is 4.79 Å². The SMILES string of the molecule is CCCC(N)C(=O)NCc1ccc(OCC2CC2)nc1.Cl. The highest BCUT2D eigenvalue weighted by Gasteiger charge is 2.22. The zero-order valence-electron chi connectivity index (χ0n) is 12.4. The predicted octanol–water partition coefficient (Wildman–Crippen LogP) is 2.04. The molecular formula is C15H24ClN3O2. The minimum Gasteiger partial charge on any atom is -0.477 e. The molecule has 118 valence electrons. The molecule has 1 saturated carbocycles. The molecule has 1 fully saturated rings. The van der Waals surface area contributed by atoms with E-state index >= 15 is 0 Å². The molecule has 1 aliphatic carbocycles. The molecule has 1 heterocycles. The van der Waals surface area contributed by atoms with E-state index < -0.39 is 6.04 Å². The lowest BCUT2D eigenvalue weighted by Crippen LogP contribution is -2.40. The van der Waals surface area contributed by atoms with Crippen molar-refractivity contribution >= 4 is 18.3 Å². The molecule has 0 bridgehead atoms. The Hall–Kier alpha value is -1.33. The highest BCUT2D eigenvalue weighted by molar-refractivity contribution is 5.85. The maximum atomic E-state index is 11.7. The summed E-state index contributed by atoms with van der Waals surface area (Å²) in [6, 6.07) is 3.34. The number of rotatable bonds is 8. The molecule has 0 radical (unpaired) electrons. The van der Waals surface area contributed by atoms with Gasteiger partial charge in [-0.05, 0) is 30.7 Å². The van der Waals surface area contributed by atoms with E-state index in [1.807, 2.05) is 19.1 Å². The summed E-state index contributed by atoms with van der Waals surface area (Å²) in [7, 11) is 0. The van der Waals surface area contributed by atoms with E-state index in [1.165, 1.54) is 12.8 Å². The molecule has 6 heteroatoms. The van der Waals surface area contributed by atoms with E-state index in [1.54, 1.807) is 6.20 Å². The molecule has 1 atom stereocenters. The van der Waals surface area contributed by atoms with Crippen LogP contribution in [-0.2, 0) is 11.3 Å². The van der Waals surface area contributed by atoms with Gasteiger partial charge in [0.15, 0.2) is 0 Å². The minimum atomic E-state index is -0.422. The number of pyridine rings is 1. The summed E-state index contributed by atoms with van der Waals surface area (Å²) in [5, 5.41) is 2.82. The highest BCUT2D eigenvalue weighted by atomic mass is 35.5. The molecule has 1 unspecified atom stereocenters. The Morgan fingerprint density at radius 1 is 1.52 bits per heavy atom. The van der Waals surface area contributed by atoms with Gasteiger partial charge in [0.2, 0.25) is 11.8 Å². The molecule has 3 N–H and O–H groups in total. The van der Waals surface area contributed by atoms with Crippen molar-refractivity contribution in [2.45, 2.75) is 45.2 Å². The van der Waals surface area contributed by atoms with Crippen LogP contribution in [0.1, 0.15) is 38.2 Å². The maximum absolute atomic E-state index is 11.7. The quantitative estimate of drug-likeness (QED) is 0.770. The number of nitrogens with two attached hydrogens (primary N) is 1. The van der Waals surface area contributed by atoms with Gasteiger partial charge >= 0.3 is 0 Å². The normalized spacial score (nSPS) is 15.0. The van der Waals surface area contributed by atoms with Crippen molar-refractivity contribution < 1.29 is 9.53 Å². The first-order valence-corrected chi connectivity index (χ1v) is 7.30. The van der Waals surface area contributed by atoms with E-state index in [9.17, 15) is 4.79 Å². The third-order valence-electron chi connectivity index (χ3n) is 3.36. The summed E-state index contributed by atoms with van der Waals surface area (Å²) in [5.74, 6) is 1.26.